The van der Waals surface area contributed by atoms with Crippen molar-refractivity contribution in [1.29, 1.82) is 5.26 Å². The molecule has 13 heteroatoms. The molecular formula is C23H23F5N4O3S. The minimum absolute atomic E-state index is 0.00344. The quantitative estimate of drug-likeness (QED) is 0.564. The van der Waals surface area contributed by atoms with E-state index in [-0.39, 0.29) is 22.6 Å². The molecule has 0 saturated heterocycles. The SMILES string of the molecule is CS(=O)(=O)c1ccc(-c2cn(CC(F)(F)F)nc2[C@@H]2CCC(F)(F)CC2C(=O)NC2(C#N)CC2)cc1. The summed E-state index contributed by atoms with van der Waals surface area (Å²) in [5.74, 6) is -6.17. The maximum Gasteiger partial charge on any atom is 0.408 e. The zero-order valence-electron chi connectivity index (χ0n) is 19.1. The molecule has 7 nitrogen and oxygen atoms in total. The Kier molecular flexibility index (Phi) is 6.39. The van der Waals surface area contributed by atoms with Crippen molar-refractivity contribution in [3.8, 4) is 17.2 Å². The minimum Gasteiger partial charge on any atom is -0.338 e. The average molecular weight is 531 g/mol. The molecular weight excluding hydrogens is 507 g/mol. The zero-order chi connectivity index (χ0) is 26.5. The van der Waals surface area contributed by atoms with Gasteiger partial charge in [-0.1, -0.05) is 12.1 Å². The van der Waals surface area contributed by atoms with Crippen LogP contribution in [0.4, 0.5) is 22.0 Å². The van der Waals surface area contributed by atoms with Crippen LogP contribution in [0.2, 0.25) is 0 Å². The van der Waals surface area contributed by atoms with Gasteiger partial charge in [0.25, 0.3) is 0 Å². The van der Waals surface area contributed by atoms with E-state index in [9.17, 15) is 40.4 Å². The summed E-state index contributed by atoms with van der Waals surface area (Å²) in [5.41, 5.74) is -0.538. The number of benzene rings is 1. The summed E-state index contributed by atoms with van der Waals surface area (Å²) in [7, 11) is -3.53. The van der Waals surface area contributed by atoms with Gasteiger partial charge in [-0.2, -0.15) is 23.5 Å². The normalized spacial score (nSPS) is 23.0. The summed E-state index contributed by atoms with van der Waals surface area (Å²) in [5, 5.41) is 15.9. The second-order valence-corrected chi connectivity index (χ2v) is 11.5. The lowest BCUT2D eigenvalue weighted by molar-refractivity contribution is -0.142. The van der Waals surface area contributed by atoms with Gasteiger partial charge >= 0.3 is 6.18 Å². The van der Waals surface area contributed by atoms with Crippen LogP contribution in [0.5, 0.6) is 0 Å². The first-order chi connectivity index (χ1) is 16.6. The van der Waals surface area contributed by atoms with Gasteiger partial charge in [-0.3, -0.25) is 9.48 Å². The molecule has 0 radical (unpaired) electrons. The molecule has 2 saturated carbocycles. The predicted molar refractivity (Wildman–Crippen MR) is 118 cm³/mol. The number of carbonyl (C=O) groups excluding carboxylic acids is 1. The van der Waals surface area contributed by atoms with Crippen molar-refractivity contribution >= 4 is 15.7 Å². The van der Waals surface area contributed by atoms with Crippen LogP contribution in [0, 0.1) is 17.2 Å². The van der Waals surface area contributed by atoms with Crippen molar-refractivity contribution in [3.63, 3.8) is 0 Å². The van der Waals surface area contributed by atoms with E-state index in [1.165, 1.54) is 24.3 Å². The number of alkyl halides is 5. The summed E-state index contributed by atoms with van der Waals surface area (Å²) >= 11 is 0. The van der Waals surface area contributed by atoms with Gasteiger partial charge in [0.1, 0.15) is 12.1 Å². The predicted octanol–water partition coefficient (Wildman–Crippen LogP) is 4.21. The van der Waals surface area contributed by atoms with Crippen LogP contribution >= 0.6 is 0 Å². The number of hydrogen-bond donors (Lipinski definition) is 1. The number of nitrogens with zero attached hydrogens (tertiary/aromatic N) is 3. The topological polar surface area (TPSA) is 105 Å². The third-order valence-electron chi connectivity index (χ3n) is 6.56. The first-order valence-corrected chi connectivity index (χ1v) is 13.1. The van der Waals surface area contributed by atoms with Gasteiger partial charge in [0.2, 0.25) is 11.8 Å². The van der Waals surface area contributed by atoms with Crippen LogP contribution in [-0.2, 0) is 21.2 Å². The van der Waals surface area contributed by atoms with Gasteiger partial charge < -0.3 is 5.32 Å². The smallest absolute Gasteiger partial charge is 0.338 e. The van der Waals surface area contributed by atoms with Crippen molar-refractivity contribution in [2.75, 3.05) is 6.26 Å². The largest absolute Gasteiger partial charge is 0.408 e. The lowest BCUT2D eigenvalue weighted by Gasteiger charge is -2.35. The Morgan fingerprint density at radius 3 is 2.39 bits per heavy atom. The van der Waals surface area contributed by atoms with E-state index in [2.05, 4.69) is 10.4 Å². The lowest BCUT2D eigenvalue weighted by atomic mass is 9.74. The molecule has 36 heavy (non-hydrogen) atoms. The molecule has 0 aliphatic heterocycles. The average Bonchev–Trinajstić information content (AvgIpc) is 3.42. The van der Waals surface area contributed by atoms with E-state index >= 15 is 0 Å². The Morgan fingerprint density at radius 2 is 1.86 bits per heavy atom. The number of carbonyl (C=O) groups is 1. The molecule has 1 aromatic carbocycles. The number of rotatable bonds is 6. The Labute approximate surface area is 204 Å². The fourth-order valence-corrected chi connectivity index (χ4v) is 5.16. The van der Waals surface area contributed by atoms with E-state index in [0.29, 0.717) is 23.1 Å². The van der Waals surface area contributed by atoms with Crippen LogP contribution in [0.3, 0.4) is 0 Å². The number of sulfone groups is 1. The highest BCUT2D eigenvalue weighted by atomic mass is 32.2. The number of nitriles is 1. The van der Waals surface area contributed by atoms with E-state index in [4.69, 9.17) is 0 Å². The number of amides is 1. The maximum absolute atomic E-state index is 14.4. The highest BCUT2D eigenvalue weighted by molar-refractivity contribution is 7.90. The van der Waals surface area contributed by atoms with Gasteiger partial charge in [-0.25, -0.2) is 17.2 Å². The fraction of sp³-hybridized carbons (Fsp3) is 0.522. The summed E-state index contributed by atoms with van der Waals surface area (Å²) in [6, 6.07) is 7.35. The Morgan fingerprint density at radius 1 is 1.22 bits per heavy atom. The Balaban J connectivity index is 1.76. The van der Waals surface area contributed by atoms with Crippen molar-refractivity contribution in [2.24, 2.45) is 5.92 Å². The van der Waals surface area contributed by atoms with Crippen molar-refractivity contribution in [3.05, 3.63) is 36.2 Å². The van der Waals surface area contributed by atoms with E-state index in [1.54, 1.807) is 0 Å². The lowest BCUT2D eigenvalue weighted by Crippen LogP contribution is -2.45. The molecule has 2 aromatic rings. The number of halogens is 5. The minimum atomic E-state index is -4.61. The second kappa shape index (κ2) is 8.83. The summed E-state index contributed by atoms with van der Waals surface area (Å²) < 4.78 is 92.4. The highest BCUT2D eigenvalue weighted by Crippen LogP contribution is 2.48. The third-order valence-corrected chi connectivity index (χ3v) is 7.69. The van der Waals surface area contributed by atoms with Gasteiger partial charge in [-0.05, 0) is 37.0 Å². The third kappa shape index (κ3) is 5.69. The van der Waals surface area contributed by atoms with Crippen molar-refractivity contribution in [1.82, 2.24) is 15.1 Å². The molecule has 1 heterocycles. The second-order valence-electron chi connectivity index (χ2n) is 9.53. The molecule has 2 fully saturated rings. The molecule has 2 atom stereocenters. The van der Waals surface area contributed by atoms with Crippen molar-refractivity contribution in [2.45, 2.75) is 67.1 Å². The summed E-state index contributed by atoms with van der Waals surface area (Å²) in [4.78, 5) is 13.0. The fourth-order valence-electron chi connectivity index (χ4n) is 4.53. The first-order valence-electron chi connectivity index (χ1n) is 11.2. The Hall–Kier alpha value is -3.01. The molecule has 4 rings (SSSR count). The van der Waals surface area contributed by atoms with Gasteiger partial charge in [-0.15, -0.1) is 0 Å². The Bertz CT molecular complexity index is 1310. The van der Waals surface area contributed by atoms with Crippen LogP contribution in [-0.4, -0.2) is 48.0 Å². The monoisotopic (exact) mass is 530 g/mol. The van der Waals surface area contributed by atoms with Gasteiger partial charge in [0.15, 0.2) is 9.84 Å². The van der Waals surface area contributed by atoms with E-state index in [0.717, 1.165) is 12.5 Å². The van der Waals surface area contributed by atoms with Gasteiger partial charge in [0, 0.05) is 36.8 Å². The molecule has 194 valence electrons. The summed E-state index contributed by atoms with van der Waals surface area (Å²) in [6.07, 6.45) is -3.31. The maximum atomic E-state index is 14.4. The van der Waals surface area contributed by atoms with Gasteiger partial charge in [0.05, 0.1) is 22.6 Å². The number of hydrogen-bond acceptors (Lipinski definition) is 5. The van der Waals surface area contributed by atoms with Crippen LogP contribution < -0.4 is 5.32 Å². The summed E-state index contributed by atoms with van der Waals surface area (Å²) in [6.45, 7) is -1.43. The van der Waals surface area contributed by atoms with E-state index in [1.807, 2.05) is 6.07 Å². The molecule has 1 N–H and O–H groups in total. The first kappa shape index (κ1) is 26.1. The molecule has 0 bridgehead atoms. The molecule has 2 aliphatic rings. The highest BCUT2D eigenvalue weighted by Gasteiger charge is 2.51. The molecule has 1 aromatic heterocycles. The number of nitrogens with one attached hydrogen (secondary N) is 1. The zero-order valence-corrected chi connectivity index (χ0v) is 20.0. The van der Waals surface area contributed by atoms with Crippen LogP contribution in [0.25, 0.3) is 11.1 Å². The number of aromatic nitrogens is 2. The molecule has 1 unspecified atom stereocenters. The molecule has 0 spiro atoms. The standard InChI is InChI=1S/C23H23F5N4O3S/c1-36(34,35)15-4-2-14(3-5-15)18-11-32(13-23(26,27)28)31-19(18)16-6-7-22(24,25)10-17(16)20(33)30-21(12-29)8-9-21/h2-5,11,16-17H,6-10,13H2,1H3,(H,30,33)/t16-,17?/m1/s1. The van der Waals surface area contributed by atoms with Crippen LogP contribution in [0.15, 0.2) is 35.4 Å². The van der Waals surface area contributed by atoms with Crippen LogP contribution in [0.1, 0.15) is 43.7 Å². The molecule has 1 amide bonds. The van der Waals surface area contributed by atoms with Crippen molar-refractivity contribution < 1.29 is 35.2 Å². The molecule has 2 aliphatic carbocycles. The van der Waals surface area contributed by atoms with E-state index < -0.39 is 64.6 Å².